The zero-order valence-electron chi connectivity index (χ0n) is 15.8. The monoisotopic (exact) mass is 416 g/mol. The summed E-state index contributed by atoms with van der Waals surface area (Å²) in [6.45, 7) is 4.01. The molecule has 0 spiro atoms. The third kappa shape index (κ3) is 5.05. The lowest BCUT2D eigenvalue weighted by molar-refractivity contribution is -0.117. The van der Waals surface area contributed by atoms with Crippen LogP contribution in [0.4, 0.5) is 5.69 Å². The molecule has 6 nitrogen and oxygen atoms in total. The highest BCUT2D eigenvalue weighted by molar-refractivity contribution is 8.00. The van der Waals surface area contributed by atoms with Gasteiger partial charge in [-0.1, -0.05) is 41.6 Å². The van der Waals surface area contributed by atoms with Gasteiger partial charge in [0, 0.05) is 17.8 Å². The number of para-hydroxylation sites is 1. The Morgan fingerprint density at radius 3 is 2.75 bits per heavy atom. The Labute approximate surface area is 173 Å². The number of benzene rings is 2. The number of hydrogen-bond acceptors (Lipinski definition) is 5. The number of rotatable bonds is 7. The molecular formula is C20H21ClN4O2S. The lowest BCUT2D eigenvalue weighted by atomic mass is 10.2. The van der Waals surface area contributed by atoms with Gasteiger partial charge in [0.1, 0.15) is 12.4 Å². The van der Waals surface area contributed by atoms with E-state index in [0.717, 1.165) is 11.3 Å². The van der Waals surface area contributed by atoms with Crippen molar-refractivity contribution in [2.45, 2.75) is 30.9 Å². The number of hydrogen-bond donors (Lipinski definition) is 1. The van der Waals surface area contributed by atoms with Crippen LogP contribution in [0.15, 0.2) is 53.7 Å². The number of nitrogens with one attached hydrogen (secondary N) is 1. The molecule has 146 valence electrons. The van der Waals surface area contributed by atoms with E-state index >= 15 is 0 Å². The van der Waals surface area contributed by atoms with E-state index in [9.17, 15) is 4.79 Å². The highest BCUT2D eigenvalue weighted by Crippen LogP contribution is 2.24. The minimum absolute atomic E-state index is 0.0181. The van der Waals surface area contributed by atoms with E-state index in [-0.39, 0.29) is 17.8 Å². The van der Waals surface area contributed by atoms with Gasteiger partial charge in [0.2, 0.25) is 11.1 Å². The van der Waals surface area contributed by atoms with Gasteiger partial charge in [0.25, 0.3) is 0 Å². The van der Waals surface area contributed by atoms with E-state index in [4.69, 9.17) is 16.3 Å². The third-order valence-electron chi connectivity index (χ3n) is 4.12. The molecule has 28 heavy (non-hydrogen) atoms. The van der Waals surface area contributed by atoms with Crippen molar-refractivity contribution in [3.63, 3.8) is 0 Å². The van der Waals surface area contributed by atoms with E-state index in [1.807, 2.05) is 56.3 Å². The average molecular weight is 417 g/mol. The molecule has 0 aliphatic heterocycles. The van der Waals surface area contributed by atoms with Gasteiger partial charge in [-0.2, -0.15) is 0 Å². The predicted molar refractivity (Wildman–Crippen MR) is 112 cm³/mol. The second kappa shape index (κ2) is 9.12. The molecule has 1 aromatic heterocycles. The number of anilines is 1. The van der Waals surface area contributed by atoms with Gasteiger partial charge in [-0.05, 0) is 49.7 Å². The largest absolute Gasteiger partial charge is 0.486 e. The fourth-order valence-corrected chi connectivity index (χ4v) is 3.47. The van der Waals surface area contributed by atoms with Gasteiger partial charge < -0.3 is 9.64 Å². The molecule has 0 bridgehead atoms. The van der Waals surface area contributed by atoms with Gasteiger partial charge >= 0.3 is 0 Å². The first kappa shape index (κ1) is 20.2. The molecule has 0 saturated carbocycles. The van der Waals surface area contributed by atoms with Gasteiger partial charge in [0.15, 0.2) is 5.82 Å². The Hall–Kier alpha value is -2.51. The van der Waals surface area contributed by atoms with Crippen LogP contribution in [0.25, 0.3) is 0 Å². The lowest BCUT2D eigenvalue weighted by Crippen LogP contribution is -2.33. The molecular weight excluding hydrogens is 396 g/mol. The van der Waals surface area contributed by atoms with Crippen LogP contribution in [-0.4, -0.2) is 33.4 Å². The minimum atomic E-state index is -0.325. The highest BCUT2D eigenvalue weighted by atomic mass is 35.5. The van der Waals surface area contributed by atoms with Crippen LogP contribution in [0.5, 0.6) is 5.75 Å². The number of H-pyrrole nitrogens is 1. The smallest absolute Gasteiger partial charge is 0.240 e. The van der Waals surface area contributed by atoms with Crippen molar-refractivity contribution in [3.05, 3.63) is 64.9 Å². The van der Waals surface area contributed by atoms with Crippen LogP contribution >= 0.6 is 23.4 Å². The SMILES string of the molecule is Cc1cc(OCc2nc(S[C@@H](C)C(=O)N(C)c3ccccc3)n[nH]2)ccc1Cl. The minimum Gasteiger partial charge on any atom is -0.486 e. The van der Waals surface area contributed by atoms with E-state index in [2.05, 4.69) is 15.2 Å². The molecule has 0 radical (unpaired) electrons. The summed E-state index contributed by atoms with van der Waals surface area (Å²) in [6.07, 6.45) is 0. The Bertz CT molecular complexity index is 948. The Kier molecular flexibility index (Phi) is 6.59. The Morgan fingerprint density at radius 1 is 1.29 bits per heavy atom. The fraction of sp³-hybridized carbons (Fsp3) is 0.250. The normalized spacial score (nSPS) is 11.9. The Morgan fingerprint density at radius 2 is 2.04 bits per heavy atom. The van der Waals surface area contributed by atoms with Crippen molar-refractivity contribution in [3.8, 4) is 5.75 Å². The van der Waals surface area contributed by atoms with Crippen molar-refractivity contribution < 1.29 is 9.53 Å². The molecule has 0 saturated heterocycles. The number of thioether (sulfide) groups is 1. The van der Waals surface area contributed by atoms with Crippen LogP contribution in [0.1, 0.15) is 18.3 Å². The van der Waals surface area contributed by atoms with Crippen LogP contribution in [-0.2, 0) is 11.4 Å². The number of ether oxygens (including phenoxy) is 1. The summed E-state index contributed by atoms with van der Waals surface area (Å²) in [6, 6.07) is 15.0. The maximum atomic E-state index is 12.6. The molecule has 1 amide bonds. The Balaban J connectivity index is 1.56. The summed E-state index contributed by atoms with van der Waals surface area (Å²) in [5.74, 6) is 1.28. The van der Waals surface area contributed by atoms with Crippen molar-refractivity contribution in [1.29, 1.82) is 0 Å². The molecule has 1 heterocycles. The quantitative estimate of drug-likeness (QED) is 0.574. The zero-order valence-corrected chi connectivity index (χ0v) is 17.4. The van der Waals surface area contributed by atoms with Gasteiger partial charge in [0.05, 0.1) is 5.25 Å². The molecule has 1 N–H and O–H groups in total. The fourth-order valence-electron chi connectivity index (χ4n) is 2.51. The number of aromatic amines is 1. The molecule has 1 atom stereocenters. The summed E-state index contributed by atoms with van der Waals surface area (Å²) in [5, 5.41) is 7.90. The van der Waals surface area contributed by atoms with Crippen LogP contribution in [0.2, 0.25) is 5.02 Å². The van der Waals surface area contributed by atoms with Crippen LogP contribution in [0.3, 0.4) is 0 Å². The van der Waals surface area contributed by atoms with Crippen molar-refractivity contribution >= 4 is 35.0 Å². The summed E-state index contributed by atoms with van der Waals surface area (Å²) in [7, 11) is 1.76. The number of nitrogens with zero attached hydrogens (tertiary/aromatic N) is 3. The van der Waals surface area contributed by atoms with E-state index in [1.165, 1.54) is 11.8 Å². The maximum absolute atomic E-state index is 12.6. The first-order valence-corrected chi connectivity index (χ1v) is 9.99. The first-order valence-electron chi connectivity index (χ1n) is 8.73. The van der Waals surface area contributed by atoms with Crippen LogP contribution in [0, 0.1) is 6.92 Å². The highest BCUT2D eigenvalue weighted by Gasteiger charge is 2.21. The van der Waals surface area contributed by atoms with Crippen molar-refractivity contribution in [2.75, 3.05) is 11.9 Å². The third-order valence-corrected chi connectivity index (χ3v) is 5.49. The van der Waals surface area contributed by atoms with E-state index in [0.29, 0.717) is 21.8 Å². The summed E-state index contributed by atoms with van der Waals surface area (Å²) < 4.78 is 5.71. The van der Waals surface area contributed by atoms with Gasteiger partial charge in [-0.15, -0.1) is 5.10 Å². The molecule has 8 heteroatoms. The molecule has 0 aliphatic carbocycles. The molecule has 3 aromatic rings. The van der Waals surface area contributed by atoms with Crippen molar-refractivity contribution in [2.24, 2.45) is 0 Å². The van der Waals surface area contributed by atoms with Gasteiger partial charge in [-0.3, -0.25) is 9.89 Å². The molecule has 0 unspecified atom stereocenters. The number of amides is 1. The second-order valence-electron chi connectivity index (χ2n) is 6.26. The lowest BCUT2D eigenvalue weighted by Gasteiger charge is -2.20. The van der Waals surface area contributed by atoms with Crippen molar-refractivity contribution in [1.82, 2.24) is 15.2 Å². The number of halogens is 1. The van der Waals surface area contributed by atoms with E-state index in [1.54, 1.807) is 18.0 Å². The second-order valence-corrected chi connectivity index (χ2v) is 7.97. The molecule has 0 aliphatic rings. The topological polar surface area (TPSA) is 71.1 Å². The maximum Gasteiger partial charge on any atom is 0.240 e. The van der Waals surface area contributed by atoms with E-state index < -0.39 is 0 Å². The predicted octanol–water partition coefficient (Wildman–Crippen LogP) is 4.49. The average Bonchev–Trinajstić information content (AvgIpc) is 3.15. The first-order chi connectivity index (χ1) is 13.4. The molecule has 3 rings (SSSR count). The standard InChI is InChI=1S/C20H21ClN4O2S/c1-13-11-16(9-10-17(13)21)27-12-18-22-20(24-23-18)28-14(2)19(26)25(3)15-7-5-4-6-8-15/h4-11,14H,12H2,1-3H3,(H,22,23,24)/t14-/m0/s1. The molecule has 2 aromatic carbocycles. The number of carbonyl (C=O) groups is 1. The van der Waals surface area contributed by atoms with Gasteiger partial charge in [-0.25, -0.2) is 4.98 Å². The summed E-state index contributed by atoms with van der Waals surface area (Å²) in [5.41, 5.74) is 1.80. The van der Waals surface area contributed by atoms with Crippen LogP contribution < -0.4 is 9.64 Å². The summed E-state index contributed by atoms with van der Waals surface area (Å²) >= 11 is 7.32. The summed E-state index contributed by atoms with van der Waals surface area (Å²) in [4.78, 5) is 18.7. The number of aromatic nitrogens is 3. The number of carbonyl (C=O) groups excluding carboxylic acids is 1. The number of aryl methyl sites for hydroxylation is 1. The zero-order chi connectivity index (χ0) is 20.1. The molecule has 0 fully saturated rings.